The molecule has 2 amide bonds. The van der Waals surface area contributed by atoms with Crippen LogP contribution in [0.2, 0.25) is 0 Å². The fourth-order valence-corrected chi connectivity index (χ4v) is 4.03. The lowest BCUT2D eigenvalue weighted by Gasteiger charge is -2.41. The van der Waals surface area contributed by atoms with Crippen molar-refractivity contribution in [3.8, 4) is 11.1 Å². The normalized spacial score (nSPS) is 21.3. The van der Waals surface area contributed by atoms with Crippen LogP contribution in [0.4, 0.5) is 0 Å². The lowest BCUT2D eigenvalue weighted by atomic mass is 9.89. The molecular weight excluding hydrogens is 376 g/mol. The fourth-order valence-electron chi connectivity index (χ4n) is 4.03. The molecule has 2 aromatic carbocycles. The third-order valence-corrected chi connectivity index (χ3v) is 5.97. The van der Waals surface area contributed by atoms with Crippen LogP contribution >= 0.6 is 0 Å². The average molecular weight is 407 g/mol. The molecule has 0 bridgehead atoms. The van der Waals surface area contributed by atoms with Gasteiger partial charge in [-0.2, -0.15) is 0 Å². The number of rotatable bonds is 6. The molecule has 5 nitrogen and oxygen atoms in total. The molecule has 4 rings (SSSR count). The lowest BCUT2D eigenvalue weighted by Crippen LogP contribution is -2.62. The van der Waals surface area contributed by atoms with Gasteiger partial charge >= 0.3 is 0 Å². The Bertz CT molecular complexity index is 920. The van der Waals surface area contributed by atoms with Crippen LogP contribution in [0.15, 0.2) is 48.5 Å². The number of morpholine rings is 1. The van der Waals surface area contributed by atoms with Crippen molar-refractivity contribution in [1.82, 2.24) is 10.2 Å². The number of hydrogen-bond acceptors (Lipinski definition) is 3. The fraction of sp³-hybridized carbons (Fsp3) is 0.440. The molecule has 5 heteroatoms. The van der Waals surface area contributed by atoms with E-state index < -0.39 is 5.60 Å². The van der Waals surface area contributed by atoms with Crippen LogP contribution in [0.1, 0.15) is 37.3 Å². The van der Waals surface area contributed by atoms with Crippen LogP contribution < -0.4 is 5.32 Å². The Labute approximate surface area is 178 Å². The first kappa shape index (κ1) is 20.6. The Morgan fingerprint density at radius 2 is 1.90 bits per heavy atom. The van der Waals surface area contributed by atoms with Gasteiger partial charge in [0.25, 0.3) is 5.91 Å². The van der Waals surface area contributed by atoms with E-state index in [4.69, 9.17) is 4.74 Å². The highest BCUT2D eigenvalue weighted by molar-refractivity contribution is 5.88. The Hall–Kier alpha value is -2.66. The highest BCUT2D eigenvalue weighted by Crippen LogP contribution is 2.29. The lowest BCUT2D eigenvalue weighted by molar-refractivity contribution is -0.166. The summed E-state index contributed by atoms with van der Waals surface area (Å²) in [7, 11) is 0. The van der Waals surface area contributed by atoms with Gasteiger partial charge in [-0.05, 0) is 36.5 Å². The van der Waals surface area contributed by atoms with Gasteiger partial charge in [0.1, 0.15) is 0 Å². The molecule has 0 spiro atoms. The van der Waals surface area contributed by atoms with E-state index in [1.807, 2.05) is 19.1 Å². The van der Waals surface area contributed by atoms with Crippen LogP contribution in [-0.2, 0) is 20.7 Å². The Kier molecular flexibility index (Phi) is 5.91. The quantitative estimate of drug-likeness (QED) is 0.799. The predicted octanol–water partition coefficient (Wildman–Crippen LogP) is 3.49. The van der Waals surface area contributed by atoms with Crippen LogP contribution in [0, 0.1) is 6.92 Å². The summed E-state index contributed by atoms with van der Waals surface area (Å²) in [5.41, 5.74) is 3.47. The minimum atomic E-state index is -1.04. The molecule has 1 aliphatic heterocycles. The van der Waals surface area contributed by atoms with Gasteiger partial charge < -0.3 is 15.0 Å². The molecule has 2 fully saturated rings. The van der Waals surface area contributed by atoms with E-state index in [1.54, 1.807) is 4.90 Å². The van der Waals surface area contributed by atoms with Crippen molar-refractivity contribution in [2.24, 2.45) is 0 Å². The number of nitrogens with one attached hydrogen (secondary N) is 1. The zero-order chi connectivity index (χ0) is 21.1. The number of carbonyl (C=O) groups is 2. The van der Waals surface area contributed by atoms with Crippen molar-refractivity contribution >= 4 is 11.8 Å². The van der Waals surface area contributed by atoms with E-state index >= 15 is 0 Å². The third kappa shape index (κ3) is 4.57. The first-order valence-electron chi connectivity index (χ1n) is 10.9. The van der Waals surface area contributed by atoms with Gasteiger partial charge in [0.15, 0.2) is 5.60 Å². The summed E-state index contributed by atoms with van der Waals surface area (Å²) in [6.07, 6.45) is 2.91. The largest absolute Gasteiger partial charge is 0.361 e. The van der Waals surface area contributed by atoms with E-state index in [2.05, 4.69) is 48.6 Å². The van der Waals surface area contributed by atoms with Gasteiger partial charge in [0, 0.05) is 25.4 Å². The van der Waals surface area contributed by atoms with Gasteiger partial charge in [0.2, 0.25) is 5.91 Å². The van der Waals surface area contributed by atoms with E-state index in [-0.39, 0.29) is 17.9 Å². The van der Waals surface area contributed by atoms with E-state index in [0.29, 0.717) is 32.5 Å². The molecule has 30 heavy (non-hydrogen) atoms. The summed E-state index contributed by atoms with van der Waals surface area (Å²) >= 11 is 0. The molecule has 1 N–H and O–H groups in total. The maximum Gasteiger partial charge on any atom is 0.254 e. The number of hydrogen-bond donors (Lipinski definition) is 1. The molecule has 1 atom stereocenters. The molecule has 1 saturated carbocycles. The van der Waals surface area contributed by atoms with Crippen molar-refractivity contribution in [3.05, 3.63) is 59.7 Å². The minimum absolute atomic E-state index is 0.0651. The van der Waals surface area contributed by atoms with Crippen LogP contribution in [0.3, 0.4) is 0 Å². The average Bonchev–Trinajstić information content (AvgIpc) is 3.58. The molecule has 0 radical (unpaired) electrons. The second-order valence-corrected chi connectivity index (χ2v) is 8.50. The first-order chi connectivity index (χ1) is 14.5. The highest BCUT2D eigenvalue weighted by Gasteiger charge is 2.46. The van der Waals surface area contributed by atoms with Crippen molar-refractivity contribution < 1.29 is 14.3 Å². The Balaban J connectivity index is 1.61. The number of benzene rings is 2. The number of amides is 2. The van der Waals surface area contributed by atoms with Crippen molar-refractivity contribution in [2.45, 2.75) is 51.2 Å². The summed E-state index contributed by atoms with van der Waals surface area (Å²) in [4.78, 5) is 27.4. The highest BCUT2D eigenvalue weighted by atomic mass is 16.5. The zero-order valence-electron chi connectivity index (χ0n) is 17.8. The number of aryl methyl sites for hydroxylation is 1. The summed E-state index contributed by atoms with van der Waals surface area (Å²) < 4.78 is 6.14. The van der Waals surface area contributed by atoms with Gasteiger partial charge in [-0.15, -0.1) is 0 Å². The molecule has 1 saturated heterocycles. The third-order valence-electron chi connectivity index (χ3n) is 5.97. The van der Waals surface area contributed by atoms with Crippen LogP contribution in [0.5, 0.6) is 0 Å². The van der Waals surface area contributed by atoms with E-state index in [9.17, 15) is 9.59 Å². The van der Waals surface area contributed by atoms with Crippen LogP contribution in [0.25, 0.3) is 11.1 Å². The second-order valence-electron chi connectivity index (χ2n) is 8.50. The molecule has 2 aromatic rings. The molecule has 0 unspecified atom stereocenters. The molecule has 1 heterocycles. The molecular formula is C25H30N2O3. The zero-order valence-corrected chi connectivity index (χ0v) is 17.8. The molecule has 158 valence electrons. The number of carbonyl (C=O) groups excluding carboxylic acids is 2. The summed E-state index contributed by atoms with van der Waals surface area (Å²) in [5, 5.41) is 3.11. The topological polar surface area (TPSA) is 58.6 Å². The van der Waals surface area contributed by atoms with Gasteiger partial charge in [-0.1, -0.05) is 61.0 Å². The Morgan fingerprint density at radius 1 is 1.13 bits per heavy atom. The minimum Gasteiger partial charge on any atom is -0.361 e. The number of nitrogens with zero attached hydrogens (tertiary/aromatic N) is 1. The maximum atomic E-state index is 13.2. The Morgan fingerprint density at radius 3 is 2.60 bits per heavy atom. The van der Waals surface area contributed by atoms with Gasteiger partial charge in [0.05, 0.1) is 13.2 Å². The molecule has 1 aliphatic carbocycles. The smallest absolute Gasteiger partial charge is 0.254 e. The van der Waals surface area contributed by atoms with E-state index in [0.717, 1.165) is 29.5 Å². The second kappa shape index (κ2) is 8.60. The predicted molar refractivity (Wildman–Crippen MR) is 117 cm³/mol. The van der Waals surface area contributed by atoms with Crippen molar-refractivity contribution in [2.75, 3.05) is 19.7 Å². The van der Waals surface area contributed by atoms with Crippen molar-refractivity contribution in [1.29, 1.82) is 0 Å². The van der Waals surface area contributed by atoms with Gasteiger partial charge in [-0.3, -0.25) is 9.59 Å². The number of ether oxygens (including phenoxy) is 1. The van der Waals surface area contributed by atoms with Crippen molar-refractivity contribution in [3.63, 3.8) is 0 Å². The monoisotopic (exact) mass is 406 g/mol. The SMILES string of the molecule is CCC(=O)N1CCO[C@](Cc2cccc(-c3ccc(C)cc3)c2)(C(=O)NC2CC2)C1. The summed E-state index contributed by atoms with van der Waals surface area (Å²) in [5.74, 6) is -0.0327. The standard InChI is InChI=1S/C25H30N2O3/c1-3-23(28)27-13-14-30-25(17-27,24(29)26-22-11-12-22)16-19-5-4-6-21(15-19)20-9-7-18(2)8-10-20/h4-10,15,22H,3,11-14,16-17H2,1-2H3,(H,26,29)/t25-/m0/s1. The van der Waals surface area contributed by atoms with E-state index in [1.165, 1.54) is 5.56 Å². The first-order valence-corrected chi connectivity index (χ1v) is 10.9. The van der Waals surface area contributed by atoms with Gasteiger partial charge in [-0.25, -0.2) is 0 Å². The maximum absolute atomic E-state index is 13.2. The summed E-state index contributed by atoms with van der Waals surface area (Å²) in [6, 6.07) is 16.9. The van der Waals surface area contributed by atoms with Crippen LogP contribution in [-0.4, -0.2) is 48.1 Å². The summed E-state index contributed by atoms with van der Waals surface area (Å²) in [6.45, 7) is 5.14. The molecule has 2 aliphatic rings. The molecule has 0 aromatic heterocycles.